The van der Waals surface area contributed by atoms with Gasteiger partial charge in [0.15, 0.2) is 0 Å². The van der Waals surface area contributed by atoms with Gasteiger partial charge in [0.25, 0.3) is 0 Å². The Labute approximate surface area is 225 Å². The van der Waals surface area contributed by atoms with Gasteiger partial charge in [-0.15, -0.1) is 0 Å². The van der Waals surface area contributed by atoms with Crippen molar-refractivity contribution in [3.63, 3.8) is 0 Å². The molecule has 1 heterocycles. The Morgan fingerprint density at radius 1 is 0.895 bits per heavy atom. The number of benzene rings is 2. The van der Waals surface area contributed by atoms with Crippen LogP contribution >= 0.6 is 0 Å². The van der Waals surface area contributed by atoms with Gasteiger partial charge in [-0.2, -0.15) is 0 Å². The summed E-state index contributed by atoms with van der Waals surface area (Å²) in [5.41, 5.74) is 3.70. The molecule has 2 aromatic rings. The molecule has 2 atom stereocenters. The van der Waals surface area contributed by atoms with Crippen LogP contribution in [-0.2, 0) is 19.1 Å². The summed E-state index contributed by atoms with van der Waals surface area (Å²) in [5, 5.41) is 3.02. The number of hydrogen-bond acceptors (Lipinski definition) is 5. The number of nitrogens with one attached hydrogen (secondary N) is 1. The number of carbonyl (C=O) groups excluding carboxylic acids is 3. The molecule has 0 radical (unpaired) electrons. The van der Waals surface area contributed by atoms with Crippen molar-refractivity contribution in [2.75, 3.05) is 32.6 Å². The summed E-state index contributed by atoms with van der Waals surface area (Å²) >= 11 is 0. The van der Waals surface area contributed by atoms with E-state index in [1.54, 1.807) is 7.11 Å². The standard InChI is InChI=1S/C31H38N2O5/c1-21(19-22-7-13-28(37-2)14-8-22)30(35)33-17-15-24(16-18-33)23-9-11-27(12-10-23)32-29(34)25-5-4-6-26(20-25)31(36)38-3/h7-14,19,24-26H,4-6,15-18,20H2,1-3H3,(H,32,34)/b21-19+. The molecule has 2 aliphatic rings. The number of ether oxygens (including phenoxy) is 2. The third-order valence-corrected chi connectivity index (χ3v) is 7.85. The number of hydrogen-bond donors (Lipinski definition) is 1. The SMILES string of the molecule is COC(=O)C1CCCC(C(=O)Nc2ccc(C3CCN(C(=O)/C(C)=C/c4ccc(OC)cc4)CC3)cc2)C1. The van der Waals surface area contributed by atoms with Crippen molar-refractivity contribution in [1.29, 1.82) is 0 Å². The number of methoxy groups -OCH3 is 2. The molecular weight excluding hydrogens is 480 g/mol. The van der Waals surface area contributed by atoms with Crippen LogP contribution in [0.1, 0.15) is 62.5 Å². The monoisotopic (exact) mass is 518 g/mol. The lowest BCUT2D eigenvalue weighted by molar-refractivity contribution is -0.147. The quantitative estimate of drug-likeness (QED) is 0.391. The topological polar surface area (TPSA) is 84.9 Å². The highest BCUT2D eigenvalue weighted by Gasteiger charge is 2.32. The summed E-state index contributed by atoms with van der Waals surface area (Å²) in [6.45, 7) is 3.31. The zero-order valence-electron chi connectivity index (χ0n) is 22.6. The summed E-state index contributed by atoms with van der Waals surface area (Å²) in [7, 11) is 3.04. The molecule has 0 aromatic heterocycles. The van der Waals surface area contributed by atoms with Crippen LogP contribution < -0.4 is 10.1 Å². The fraction of sp³-hybridized carbons (Fsp3) is 0.452. The van der Waals surface area contributed by atoms with E-state index in [2.05, 4.69) is 17.4 Å². The van der Waals surface area contributed by atoms with Gasteiger partial charge in [-0.05, 0) is 86.4 Å². The van der Waals surface area contributed by atoms with Crippen LogP contribution in [0.2, 0.25) is 0 Å². The summed E-state index contributed by atoms with van der Waals surface area (Å²) in [4.78, 5) is 39.6. The second kappa shape index (κ2) is 12.8. The van der Waals surface area contributed by atoms with Crippen molar-refractivity contribution in [3.8, 4) is 5.75 Å². The smallest absolute Gasteiger partial charge is 0.308 e. The van der Waals surface area contributed by atoms with Gasteiger partial charge in [0.2, 0.25) is 11.8 Å². The van der Waals surface area contributed by atoms with Gasteiger partial charge in [0, 0.05) is 30.3 Å². The first-order chi connectivity index (χ1) is 18.4. The molecule has 2 aromatic carbocycles. The molecule has 2 fully saturated rings. The molecule has 1 N–H and O–H groups in total. The minimum atomic E-state index is -0.219. The van der Waals surface area contributed by atoms with E-state index in [0.29, 0.717) is 12.3 Å². The predicted molar refractivity (Wildman–Crippen MR) is 148 cm³/mol. The third kappa shape index (κ3) is 6.82. The third-order valence-electron chi connectivity index (χ3n) is 7.85. The van der Waals surface area contributed by atoms with E-state index in [9.17, 15) is 14.4 Å². The van der Waals surface area contributed by atoms with Crippen LogP contribution in [0.4, 0.5) is 5.69 Å². The Balaban J connectivity index is 1.27. The first-order valence-electron chi connectivity index (χ1n) is 13.5. The Kier molecular flexibility index (Phi) is 9.21. The van der Waals surface area contributed by atoms with Gasteiger partial charge in [-0.1, -0.05) is 30.7 Å². The summed E-state index contributed by atoms with van der Waals surface area (Å²) < 4.78 is 10.1. The van der Waals surface area contributed by atoms with Crippen LogP contribution in [0.3, 0.4) is 0 Å². The van der Waals surface area contributed by atoms with Gasteiger partial charge in [0.05, 0.1) is 20.1 Å². The average Bonchev–Trinajstić information content (AvgIpc) is 2.97. The van der Waals surface area contributed by atoms with E-state index < -0.39 is 0 Å². The van der Waals surface area contributed by atoms with Gasteiger partial charge < -0.3 is 19.7 Å². The van der Waals surface area contributed by atoms with Gasteiger partial charge in [0.1, 0.15) is 5.75 Å². The van der Waals surface area contributed by atoms with Crippen LogP contribution in [0, 0.1) is 11.8 Å². The van der Waals surface area contributed by atoms with E-state index in [-0.39, 0.29) is 29.6 Å². The van der Waals surface area contributed by atoms with Crippen molar-refractivity contribution >= 4 is 29.5 Å². The highest BCUT2D eigenvalue weighted by atomic mass is 16.5. The molecule has 2 unspecified atom stereocenters. The Bertz CT molecular complexity index is 1150. The molecule has 4 rings (SSSR count). The molecule has 0 bridgehead atoms. The highest BCUT2D eigenvalue weighted by Crippen LogP contribution is 2.32. The van der Waals surface area contributed by atoms with E-state index in [0.717, 1.165) is 67.8 Å². The van der Waals surface area contributed by atoms with Gasteiger partial charge in [-0.3, -0.25) is 14.4 Å². The molecule has 0 spiro atoms. The van der Waals surface area contributed by atoms with E-state index in [4.69, 9.17) is 9.47 Å². The number of piperidine rings is 1. The average molecular weight is 519 g/mol. The molecule has 1 aliphatic carbocycles. The van der Waals surface area contributed by atoms with E-state index in [1.807, 2.05) is 54.3 Å². The maximum Gasteiger partial charge on any atom is 0.308 e. The molecule has 1 aliphatic heterocycles. The maximum atomic E-state index is 13.0. The molecule has 202 valence electrons. The molecule has 1 saturated carbocycles. The lowest BCUT2D eigenvalue weighted by atomic mass is 9.81. The Morgan fingerprint density at radius 2 is 1.55 bits per heavy atom. The predicted octanol–water partition coefficient (Wildman–Crippen LogP) is 5.42. The number of likely N-dealkylation sites (tertiary alicyclic amines) is 1. The second-order valence-electron chi connectivity index (χ2n) is 10.4. The number of nitrogens with zero attached hydrogens (tertiary/aromatic N) is 1. The summed E-state index contributed by atoms with van der Waals surface area (Å²) in [6, 6.07) is 15.7. The Hall–Kier alpha value is -3.61. The van der Waals surface area contributed by atoms with Gasteiger partial charge in [-0.25, -0.2) is 0 Å². The van der Waals surface area contributed by atoms with Crippen LogP contribution in [-0.4, -0.2) is 50.0 Å². The molecule has 38 heavy (non-hydrogen) atoms. The van der Waals surface area contributed by atoms with Crippen LogP contribution in [0.5, 0.6) is 5.75 Å². The van der Waals surface area contributed by atoms with Crippen molar-refractivity contribution in [2.24, 2.45) is 11.8 Å². The zero-order valence-corrected chi connectivity index (χ0v) is 22.6. The minimum absolute atomic E-state index is 0.0313. The number of amides is 2. The van der Waals surface area contributed by atoms with E-state index >= 15 is 0 Å². The number of esters is 1. The summed E-state index contributed by atoms with van der Waals surface area (Å²) in [5.74, 6) is 0.646. The molecule has 1 saturated heterocycles. The second-order valence-corrected chi connectivity index (χ2v) is 10.4. The van der Waals surface area contributed by atoms with Crippen molar-refractivity contribution in [2.45, 2.75) is 51.4 Å². The lowest BCUT2D eigenvalue weighted by Crippen LogP contribution is -2.38. The number of rotatable bonds is 7. The fourth-order valence-corrected chi connectivity index (χ4v) is 5.57. The normalized spacial score (nSPS) is 20.5. The van der Waals surface area contributed by atoms with E-state index in [1.165, 1.54) is 12.7 Å². The highest BCUT2D eigenvalue weighted by molar-refractivity contribution is 5.97. The van der Waals surface area contributed by atoms with Crippen molar-refractivity contribution < 1.29 is 23.9 Å². The largest absolute Gasteiger partial charge is 0.497 e. The number of carbonyl (C=O) groups is 3. The first kappa shape index (κ1) is 27.4. The molecular formula is C31H38N2O5. The van der Waals surface area contributed by atoms with Gasteiger partial charge >= 0.3 is 5.97 Å². The first-order valence-corrected chi connectivity index (χ1v) is 13.5. The lowest BCUT2D eigenvalue weighted by Gasteiger charge is -2.32. The van der Waals surface area contributed by atoms with Crippen molar-refractivity contribution in [1.82, 2.24) is 4.90 Å². The Morgan fingerprint density at radius 3 is 2.18 bits per heavy atom. The maximum absolute atomic E-state index is 13.0. The molecule has 7 nitrogen and oxygen atoms in total. The fourth-order valence-electron chi connectivity index (χ4n) is 5.57. The van der Waals surface area contributed by atoms with Crippen LogP contribution in [0.15, 0.2) is 54.1 Å². The minimum Gasteiger partial charge on any atom is -0.497 e. The molecule has 7 heteroatoms. The molecule has 2 amide bonds. The zero-order chi connectivity index (χ0) is 27.1. The van der Waals surface area contributed by atoms with Crippen molar-refractivity contribution in [3.05, 3.63) is 65.2 Å². The number of anilines is 1. The summed E-state index contributed by atoms with van der Waals surface area (Å²) in [6.07, 6.45) is 6.72. The van der Waals surface area contributed by atoms with Crippen LogP contribution in [0.25, 0.3) is 6.08 Å².